The minimum atomic E-state index is -3.56. The number of hydrogen-bond acceptors (Lipinski definition) is 4. The Kier molecular flexibility index (Phi) is 6.99. The van der Waals surface area contributed by atoms with Gasteiger partial charge < -0.3 is 5.32 Å². The van der Waals surface area contributed by atoms with Crippen molar-refractivity contribution in [1.29, 1.82) is 0 Å². The van der Waals surface area contributed by atoms with Gasteiger partial charge >= 0.3 is 0 Å². The van der Waals surface area contributed by atoms with Crippen molar-refractivity contribution in [2.24, 2.45) is 0 Å². The molecule has 1 N–H and O–H groups in total. The van der Waals surface area contributed by atoms with Gasteiger partial charge in [0.1, 0.15) is 0 Å². The number of carbonyl (C=O) groups excluding carboxylic acids is 2. The SMILES string of the molecule is O=C1CC(C=Cc2ccccc2)(C(=O)NC2CCCCC2)N1c1ccc(S(=O)(=O)N2CCCC2)cc1. The van der Waals surface area contributed by atoms with E-state index in [1.54, 1.807) is 24.3 Å². The smallest absolute Gasteiger partial charge is 0.251 e. The van der Waals surface area contributed by atoms with Gasteiger partial charge in [0.25, 0.3) is 5.91 Å². The molecule has 5 rings (SSSR count). The molecule has 36 heavy (non-hydrogen) atoms. The quantitative estimate of drug-likeness (QED) is 0.572. The van der Waals surface area contributed by atoms with Crippen LogP contribution >= 0.6 is 0 Å². The van der Waals surface area contributed by atoms with Crippen LogP contribution in [-0.2, 0) is 19.6 Å². The van der Waals surface area contributed by atoms with E-state index in [1.807, 2.05) is 42.5 Å². The Labute approximate surface area is 213 Å². The van der Waals surface area contributed by atoms with Crippen molar-refractivity contribution in [3.8, 4) is 0 Å². The fraction of sp³-hybridized carbons (Fsp3) is 0.429. The molecular formula is C28H33N3O4S. The number of nitrogens with zero attached hydrogens (tertiary/aromatic N) is 2. The van der Waals surface area contributed by atoms with E-state index in [0.29, 0.717) is 18.8 Å². The third-order valence-electron chi connectivity index (χ3n) is 7.55. The number of nitrogens with one attached hydrogen (secondary N) is 1. The normalized spacial score (nSPS) is 23.7. The Bertz CT molecular complexity index is 1230. The molecule has 7 nitrogen and oxygen atoms in total. The molecule has 0 bridgehead atoms. The fourth-order valence-electron chi connectivity index (χ4n) is 5.49. The van der Waals surface area contributed by atoms with Gasteiger partial charge in [-0.3, -0.25) is 14.5 Å². The number of hydrogen-bond donors (Lipinski definition) is 1. The first-order valence-electron chi connectivity index (χ1n) is 12.9. The van der Waals surface area contributed by atoms with Crippen molar-refractivity contribution in [2.75, 3.05) is 18.0 Å². The zero-order chi connectivity index (χ0) is 25.2. The number of carbonyl (C=O) groups is 2. The molecule has 1 saturated carbocycles. The lowest BCUT2D eigenvalue weighted by atomic mass is 9.80. The van der Waals surface area contributed by atoms with Crippen LogP contribution in [-0.4, -0.2) is 49.2 Å². The Hall–Kier alpha value is -2.97. The molecule has 1 atom stereocenters. The number of β-lactam (4-membered cyclic amide) rings is 1. The maximum absolute atomic E-state index is 13.7. The second kappa shape index (κ2) is 10.2. The first kappa shape index (κ1) is 24.7. The lowest BCUT2D eigenvalue weighted by Crippen LogP contribution is -2.70. The average Bonchev–Trinajstić information content (AvgIpc) is 3.44. The Morgan fingerprint density at radius 3 is 2.22 bits per heavy atom. The third kappa shape index (κ3) is 4.72. The molecule has 0 aromatic heterocycles. The van der Waals surface area contributed by atoms with Gasteiger partial charge in [0.05, 0.1) is 11.3 Å². The Morgan fingerprint density at radius 1 is 0.917 bits per heavy atom. The van der Waals surface area contributed by atoms with E-state index in [9.17, 15) is 18.0 Å². The Balaban J connectivity index is 1.45. The second-order valence-electron chi connectivity index (χ2n) is 9.99. The van der Waals surface area contributed by atoms with Crippen LogP contribution in [0.15, 0.2) is 65.6 Å². The molecule has 0 spiro atoms. The summed E-state index contributed by atoms with van der Waals surface area (Å²) in [5.74, 6) is -0.350. The number of benzene rings is 2. The molecular weight excluding hydrogens is 474 g/mol. The predicted octanol–water partition coefficient (Wildman–Crippen LogP) is 4.11. The summed E-state index contributed by atoms with van der Waals surface area (Å²) >= 11 is 0. The molecule has 2 aromatic rings. The zero-order valence-corrected chi connectivity index (χ0v) is 21.3. The lowest BCUT2D eigenvalue weighted by Gasteiger charge is -2.49. The molecule has 1 unspecified atom stereocenters. The molecule has 3 fully saturated rings. The van der Waals surface area contributed by atoms with E-state index in [4.69, 9.17) is 0 Å². The highest BCUT2D eigenvalue weighted by atomic mass is 32.2. The highest BCUT2D eigenvalue weighted by Gasteiger charge is 2.56. The fourth-order valence-corrected chi connectivity index (χ4v) is 7.00. The highest BCUT2D eigenvalue weighted by Crippen LogP contribution is 2.40. The molecule has 190 valence electrons. The zero-order valence-electron chi connectivity index (χ0n) is 20.4. The predicted molar refractivity (Wildman–Crippen MR) is 140 cm³/mol. The molecule has 2 heterocycles. The van der Waals surface area contributed by atoms with Crippen molar-refractivity contribution in [1.82, 2.24) is 9.62 Å². The van der Waals surface area contributed by atoms with Gasteiger partial charge in [-0.1, -0.05) is 55.7 Å². The maximum atomic E-state index is 13.7. The number of amides is 2. The molecule has 2 saturated heterocycles. The van der Waals surface area contributed by atoms with Gasteiger partial charge in [0.15, 0.2) is 5.54 Å². The van der Waals surface area contributed by atoms with E-state index in [-0.39, 0.29) is 29.2 Å². The van der Waals surface area contributed by atoms with E-state index in [2.05, 4.69) is 5.32 Å². The molecule has 0 radical (unpaired) electrons. The molecule has 2 amide bonds. The lowest BCUT2D eigenvalue weighted by molar-refractivity contribution is -0.137. The van der Waals surface area contributed by atoms with Crippen LogP contribution in [0.4, 0.5) is 5.69 Å². The van der Waals surface area contributed by atoms with Gasteiger partial charge in [-0.2, -0.15) is 4.31 Å². The number of rotatable bonds is 7. The standard InChI is InChI=1S/C28H33N3O4S/c32-26-21-28(18-17-22-9-3-1-4-10-22,27(33)29-23-11-5-2-6-12-23)31(26)24-13-15-25(16-14-24)36(34,35)30-19-7-8-20-30/h1,3-4,9-10,13-18,23H,2,5-8,11-12,19-21H2,(H,29,33). The summed E-state index contributed by atoms with van der Waals surface area (Å²) in [7, 11) is -3.56. The molecule has 2 aliphatic heterocycles. The topological polar surface area (TPSA) is 86.8 Å². The summed E-state index contributed by atoms with van der Waals surface area (Å²) in [6, 6.07) is 16.2. The number of sulfonamides is 1. The van der Waals surface area contributed by atoms with Crippen molar-refractivity contribution >= 4 is 33.6 Å². The largest absolute Gasteiger partial charge is 0.351 e. The molecule has 1 aliphatic carbocycles. The van der Waals surface area contributed by atoms with Gasteiger partial charge in [-0.15, -0.1) is 0 Å². The van der Waals surface area contributed by atoms with Gasteiger partial charge in [0.2, 0.25) is 15.9 Å². The van der Waals surface area contributed by atoms with E-state index >= 15 is 0 Å². The van der Waals surface area contributed by atoms with Crippen LogP contribution in [0.1, 0.15) is 56.9 Å². The third-order valence-corrected chi connectivity index (χ3v) is 9.46. The average molecular weight is 508 g/mol. The summed E-state index contributed by atoms with van der Waals surface area (Å²) in [5.41, 5.74) is 0.302. The van der Waals surface area contributed by atoms with Crippen LogP contribution in [0, 0.1) is 0 Å². The van der Waals surface area contributed by atoms with Crippen LogP contribution < -0.4 is 10.2 Å². The number of anilines is 1. The van der Waals surface area contributed by atoms with Crippen molar-refractivity contribution in [3.63, 3.8) is 0 Å². The van der Waals surface area contributed by atoms with Crippen LogP contribution in [0.3, 0.4) is 0 Å². The van der Waals surface area contributed by atoms with Crippen LogP contribution in [0.2, 0.25) is 0 Å². The maximum Gasteiger partial charge on any atom is 0.251 e. The van der Waals surface area contributed by atoms with Crippen LogP contribution in [0.25, 0.3) is 6.08 Å². The van der Waals surface area contributed by atoms with Crippen molar-refractivity contribution < 1.29 is 18.0 Å². The minimum Gasteiger partial charge on any atom is -0.351 e. The first-order chi connectivity index (χ1) is 17.4. The van der Waals surface area contributed by atoms with Crippen molar-refractivity contribution in [2.45, 2.75) is 67.8 Å². The first-order valence-corrected chi connectivity index (χ1v) is 14.3. The van der Waals surface area contributed by atoms with Gasteiger partial charge in [-0.05, 0) is 61.6 Å². The molecule has 3 aliphatic rings. The van der Waals surface area contributed by atoms with Crippen LogP contribution in [0.5, 0.6) is 0 Å². The van der Waals surface area contributed by atoms with E-state index in [0.717, 1.165) is 44.1 Å². The van der Waals surface area contributed by atoms with Gasteiger partial charge in [0, 0.05) is 24.8 Å². The Morgan fingerprint density at radius 2 is 1.58 bits per heavy atom. The van der Waals surface area contributed by atoms with Gasteiger partial charge in [-0.25, -0.2) is 8.42 Å². The molecule has 8 heteroatoms. The highest BCUT2D eigenvalue weighted by molar-refractivity contribution is 7.89. The molecule has 2 aromatic carbocycles. The summed E-state index contributed by atoms with van der Waals surface area (Å²) < 4.78 is 27.4. The van der Waals surface area contributed by atoms with Crippen molar-refractivity contribution in [3.05, 3.63) is 66.2 Å². The van der Waals surface area contributed by atoms with E-state index < -0.39 is 15.6 Å². The summed E-state index contributed by atoms with van der Waals surface area (Å²) in [6.45, 7) is 1.06. The second-order valence-corrected chi connectivity index (χ2v) is 11.9. The van der Waals surface area contributed by atoms with E-state index in [1.165, 1.54) is 15.6 Å². The summed E-state index contributed by atoms with van der Waals surface area (Å²) in [5, 5.41) is 3.20. The summed E-state index contributed by atoms with van der Waals surface area (Å²) in [6.07, 6.45) is 10.8. The summed E-state index contributed by atoms with van der Waals surface area (Å²) in [4.78, 5) is 28.4. The minimum absolute atomic E-state index is 0.0721. The monoisotopic (exact) mass is 507 g/mol.